The molecule has 0 rings (SSSR count). The summed E-state index contributed by atoms with van der Waals surface area (Å²) in [7, 11) is 0. The molecule has 6 heavy (non-hydrogen) atoms. The fraction of sp³-hybridized carbons (Fsp3) is 1.00. The minimum atomic E-state index is 0. The van der Waals surface area contributed by atoms with Crippen LogP contribution in [0.1, 0.15) is 13.8 Å². The Hall–Kier alpha value is -0.110. The molecule has 0 bridgehead atoms. The topological polar surface area (TPSA) is 9.23 Å². The lowest BCUT2D eigenvalue weighted by molar-refractivity contribution is 0.162. The predicted molar refractivity (Wildman–Crippen MR) is 24.7 cm³/mol. The molecule has 0 saturated carbocycles. The van der Waals surface area contributed by atoms with Gasteiger partial charge >= 0.3 is 0 Å². The first-order valence-corrected chi connectivity index (χ1v) is 1.99. The van der Waals surface area contributed by atoms with Gasteiger partial charge in [0.2, 0.25) is 0 Å². The van der Waals surface area contributed by atoms with E-state index in [9.17, 15) is 0 Å². The Bertz CT molecular complexity index is 15.0. The van der Waals surface area contributed by atoms with E-state index in [1.54, 1.807) is 0 Å². The highest BCUT2D eigenvalue weighted by Gasteiger charge is 1.64. The van der Waals surface area contributed by atoms with Crippen molar-refractivity contribution >= 4 is 0 Å². The molecule has 40 valence electrons. The molecule has 0 aliphatic rings. The Morgan fingerprint density at radius 1 is 1.17 bits per heavy atom. The third-order valence-electron chi connectivity index (χ3n) is 0.408. The Balaban J connectivity index is 0. The molecule has 0 N–H and O–H groups in total. The zero-order valence-corrected chi connectivity index (χ0v) is 4.23. The highest BCUT2D eigenvalue weighted by Crippen LogP contribution is 1.64. The third-order valence-corrected chi connectivity index (χ3v) is 0.408. The zero-order valence-electron chi connectivity index (χ0n) is 4.23. The van der Waals surface area contributed by atoms with Crippen molar-refractivity contribution in [1.29, 1.82) is 0 Å². The van der Waals surface area contributed by atoms with Crippen molar-refractivity contribution in [3.8, 4) is 0 Å². The minimum Gasteiger partial charge on any atom is -0.382 e. The van der Waals surface area contributed by atoms with Gasteiger partial charge in [0, 0.05) is 13.2 Å². The first-order chi connectivity index (χ1) is 2.41. The largest absolute Gasteiger partial charge is 0.382 e. The van der Waals surface area contributed by atoms with E-state index in [-0.39, 0.29) is 4.70 Å². The second-order valence-corrected chi connectivity index (χ2v) is 0.781. The van der Waals surface area contributed by atoms with Crippen LogP contribution in [-0.2, 0) is 4.74 Å². The Morgan fingerprint density at radius 2 is 1.50 bits per heavy atom. The van der Waals surface area contributed by atoms with Crippen LogP contribution in [0.5, 0.6) is 0 Å². The summed E-state index contributed by atoms with van der Waals surface area (Å²) in [5.74, 6) is 0. The predicted octanol–water partition coefficient (Wildman–Crippen LogP) is 1.20. The highest BCUT2D eigenvalue weighted by molar-refractivity contribution is 4.07. The lowest BCUT2D eigenvalue weighted by atomic mass is 10.8. The van der Waals surface area contributed by atoms with Gasteiger partial charge < -0.3 is 4.74 Å². The summed E-state index contributed by atoms with van der Waals surface area (Å²) in [6, 6.07) is 0. The van der Waals surface area contributed by atoms with Crippen LogP contribution in [0.4, 0.5) is 4.70 Å². The summed E-state index contributed by atoms with van der Waals surface area (Å²) >= 11 is 0. The van der Waals surface area contributed by atoms with Gasteiger partial charge in [-0.2, -0.15) is 0 Å². The monoisotopic (exact) mass is 94.1 g/mol. The van der Waals surface area contributed by atoms with E-state index in [1.807, 2.05) is 13.8 Å². The first-order valence-electron chi connectivity index (χ1n) is 1.99. The smallest absolute Gasteiger partial charge is 0.0437 e. The van der Waals surface area contributed by atoms with Crippen molar-refractivity contribution in [2.45, 2.75) is 13.8 Å². The van der Waals surface area contributed by atoms with Crippen LogP contribution >= 0.6 is 0 Å². The van der Waals surface area contributed by atoms with Gasteiger partial charge in [-0.05, 0) is 13.8 Å². The van der Waals surface area contributed by atoms with Crippen molar-refractivity contribution in [2.24, 2.45) is 0 Å². The normalized spacial score (nSPS) is 7.00. The average Bonchev–Trinajstić information content (AvgIpc) is 1.41. The van der Waals surface area contributed by atoms with Crippen molar-refractivity contribution in [3.05, 3.63) is 0 Å². The number of rotatable bonds is 2. The maximum absolute atomic E-state index is 4.83. The van der Waals surface area contributed by atoms with Gasteiger partial charge in [-0.25, -0.2) is 0 Å². The van der Waals surface area contributed by atoms with Gasteiger partial charge in [-0.1, -0.05) is 0 Å². The van der Waals surface area contributed by atoms with Crippen LogP contribution in [-0.4, -0.2) is 13.2 Å². The number of ether oxygens (including phenoxy) is 1. The van der Waals surface area contributed by atoms with Gasteiger partial charge in [0.25, 0.3) is 0 Å². The molecule has 0 aliphatic carbocycles. The lowest BCUT2D eigenvalue weighted by Gasteiger charge is -1.86. The number of halogens is 1. The molecule has 0 unspecified atom stereocenters. The van der Waals surface area contributed by atoms with Gasteiger partial charge in [0.05, 0.1) is 0 Å². The summed E-state index contributed by atoms with van der Waals surface area (Å²) in [5, 5.41) is 0. The van der Waals surface area contributed by atoms with E-state index in [2.05, 4.69) is 0 Å². The molecule has 0 heterocycles. The molecule has 2 heteroatoms. The summed E-state index contributed by atoms with van der Waals surface area (Å²) in [6.07, 6.45) is 0. The minimum absolute atomic E-state index is 0. The van der Waals surface area contributed by atoms with Crippen molar-refractivity contribution in [1.82, 2.24) is 0 Å². The molecular formula is C4H11FO. The Labute approximate surface area is 37.7 Å². The van der Waals surface area contributed by atoms with Crippen LogP contribution in [0.15, 0.2) is 0 Å². The van der Waals surface area contributed by atoms with E-state index < -0.39 is 0 Å². The van der Waals surface area contributed by atoms with Crippen LogP contribution in [0.25, 0.3) is 0 Å². The molecule has 0 atom stereocenters. The molecule has 0 saturated heterocycles. The van der Waals surface area contributed by atoms with Crippen LogP contribution < -0.4 is 0 Å². The SMILES string of the molecule is CCOCC.F. The summed E-state index contributed by atoms with van der Waals surface area (Å²) in [6.45, 7) is 5.67. The van der Waals surface area contributed by atoms with Gasteiger partial charge in [-0.15, -0.1) is 0 Å². The van der Waals surface area contributed by atoms with E-state index in [1.165, 1.54) is 0 Å². The maximum Gasteiger partial charge on any atom is 0.0437 e. The lowest BCUT2D eigenvalue weighted by Crippen LogP contribution is -1.84. The van der Waals surface area contributed by atoms with E-state index >= 15 is 0 Å². The van der Waals surface area contributed by atoms with Crippen LogP contribution in [0.3, 0.4) is 0 Å². The summed E-state index contributed by atoms with van der Waals surface area (Å²) in [5.41, 5.74) is 0. The Kier molecular flexibility index (Phi) is 13.7. The molecule has 0 aromatic heterocycles. The molecule has 1 nitrogen and oxygen atoms in total. The van der Waals surface area contributed by atoms with Crippen LogP contribution in [0, 0.1) is 0 Å². The molecule has 0 radical (unpaired) electrons. The molecular weight excluding hydrogens is 83.0 g/mol. The van der Waals surface area contributed by atoms with Gasteiger partial charge in [-0.3, -0.25) is 4.70 Å². The Morgan fingerprint density at radius 3 is 1.50 bits per heavy atom. The van der Waals surface area contributed by atoms with Crippen molar-refractivity contribution in [2.75, 3.05) is 13.2 Å². The molecule has 0 aliphatic heterocycles. The molecule has 0 aromatic rings. The summed E-state index contributed by atoms with van der Waals surface area (Å²) < 4.78 is 4.83. The number of hydrogen-bond donors (Lipinski definition) is 0. The quantitative estimate of drug-likeness (QED) is 0.499. The zero-order chi connectivity index (χ0) is 4.12. The average molecular weight is 94.1 g/mol. The van der Waals surface area contributed by atoms with Crippen LogP contribution in [0.2, 0.25) is 0 Å². The van der Waals surface area contributed by atoms with E-state index in [4.69, 9.17) is 4.74 Å². The summed E-state index contributed by atoms with van der Waals surface area (Å²) in [4.78, 5) is 0. The fourth-order valence-corrected chi connectivity index (χ4v) is 0.204. The highest BCUT2D eigenvalue weighted by atomic mass is 19.0. The van der Waals surface area contributed by atoms with Crippen molar-refractivity contribution < 1.29 is 9.44 Å². The second-order valence-electron chi connectivity index (χ2n) is 0.781. The number of hydrogen-bond acceptors (Lipinski definition) is 1. The molecule has 0 amide bonds. The van der Waals surface area contributed by atoms with Gasteiger partial charge in [0.15, 0.2) is 0 Å². The van der Waals surface area contributed by atoms with Crippen molar-refractivity contribution in [3.63, 3.8) is 0 Å². The molecule has 0 spiro atoms. The standard InChI is InChI=1S/C4H10O.FH/c1-3-5-4-2;/h3-4H2,1-2H3;1H. The van der Waals surface area contributed by atoms with E-state index in [0.29, 0.717) is 0 Å². The third kappa shape index (κ3) is 9.10. The first kappa shape index (κ1) is 9.31. The fourth-order valence-electron chi connectivity index (χ4n) is 0.204. The van der Waals surface area contributed by atoms with Gasteiger partial charge in [0.1, 0.15) is 0 Å². The molecule has 0 fully saturated rings. The second kappa shape index (κ2) is 8.86. The molecule has 0 aromatic carbocycles. The maximum atomic E-state index is 4.83. The van der Waals surface area contributed by atoms with E-state index in [0.717, 1.165) is 13.2 Å².